The van der Waals surface area contributed by atoms with Crippen LogP contribution in [0.3, 0.4) is 0 Å². The first-order chi connectivity index (χ1) is 19.5. The largest absolute Gasteiger partial charge is 0.465 e. The summed E-state index contributed by atoms with van der Waals surface area (Å²) in [7, 11) is 2.14. The molecule has 1 N–H and O–H groups in total. The third kappa shape index (κ3) is 5.27. The molecule has 1 aromatic carbocycles. The van der Waals surface area contributed by atoms with E-state index in [4.69, 9.17) is 14.7 Å². The van der Waals surface area contributed by atoms with Crippen LogP contribution in [0.15, 0.2) is 24.3 Å². The zero-order chi connectivity index (χ0) is 27.6. The molecule has 0 bridgehead atoms. The van der Waals surface area contributed by atoms with Gasteiger partial charge in [-0.15, -0.1) is 0 Å². The van der Waals surface area contributed by atoms with Gasteiger partial charge in [-0.25, -0.2) is 4.79 Å². The highest BCUT2D eigenvalue weighted by Gasteiger charge is 2.35. The molecule has 2 aromatic rings. The molecule has 0 unspecified atom stereocenters. The first-order valence-corrected chi connectivity index (χ1v) is 14.7. The Bertz CT molecular complexity index is 1280. The number of hydrogen-bond acceptors (Lipinski definition) is 8. The van der Waals surface area contributed by atoms with Gasteiger partial charge in [-0.1, -0.05) is 18.2 Å². The van der Waals surface area contributed by atoms with Crippen molar-refractivity contribution in [1.29, 1.82) is 5.26 Å². The molecule has 212 valence electrons. The van der Waals surface area contributed by atoms with Crippen LogP contribution in [-0.4, -0.2) is 95.5 Å². The van der Waals surface area contributed by atoms with Gasteiger partial charge in [0.15, 0.2) is 0 Å². The molecule has 2 fully saturated rings. The van der Waals surface area contributed by atoms with Crippen LogP contribution >= 0.6 is 0 Å². The van der Waals surface area contributed by atoms with E-state index in [-0.39, 0.29) is 12.5 Å². The van der Waals surface area contributed by atoms with Gasteiger partial charge in [-0.2, -0.15) is 15.2 Å². The van der Waals surface area contributed by atoms with E-state index in [1.165, 1.54) is 22.6 Å². The summed E-state index contributed by atoms with van der Waals surface area (Å²) in [5.74, 6) is 0.852. The fraction of sp³-hybridized carbons (Fsp3) is 0.600. The summed E-state index contributed by atoms with van der Waals surface area (Å²) in [6.07, 6.45) is 6.46. The minimum atomic E-state index is -0.973. The van der Waals surface area contributed by atoms with Crippen molar-refractivity contribution in [2.75, 3.05) is 56.2 Å². The van der Waals surface area contributed by atoms with Crippen molar-refractivity contribution >= 4 is 17.6 Å². The molecule has 10 heteroatoms. The SMILES string of the molecule is CN1CCC[C@@H]1COc1nc2c(c(N3CCN(C(=O)O)[C@@H](CC#N)C3)n1)CC[C@@H](N1CCCc3ccccc31)C2. The summed E-state index contributed by atoms with van der Waals surface area (Å²) in [6, 6.07) is 11.7. The van der Waals surface area contributed by atoms with Crippen molar-refractivity contribution < 1.29 is 14.6 Å². The number of likely N-dealkylation sites (tertiary alicyclic amines) is 1. The third-order valence-corrected chi connectivity index (χ3v) is 9.23. The number of para-hydroxylation sites is 1. The Balaban J connectivity index is 1.29. The lowest BCUT2D eigenvalue weighted by Crippen LogP contribution is -2.55. The number of likely N-dealkylation sites (N-methyl/N-ethyl adjacent to an activating group) is 1. The topological polar surface area (TPSA) is 109 Å². The number of carbonyl (C=O) groups is 1. The Labute approximate surface area is 236 Å². The molecule has 4 heterocycles. The van der Waals surface area contributed by atoms with Crippen LogP contribution in [0.5, 0.6) is 6.01 Å². The van der Waals surface area contributed by atoms with Crippen molar-refractivity contribution in [3.63, 3.8) is 0 Å². The molecule has 3 atom stereocenters. The highest BCUT2D eigenvalue weighted by Crippen LogP contribution is 2.36. The van der Waals surface area contributed by atoms with E-state index in [1.807, 2.05) is 0 Å². The lowest BCUT2D eigenvalue weighted by molar-refractivity contribution is 0.119. The molecule has 2 saturated heterocycles. The smallest absolute Gasteiger partial charge is 0.407 e. The number of rotatable bonds is 6. The molecule has 10 nitrogen and oxygen atoms in total. The van der Waals surface area contributed by atoms with E-state index in [1.54, 1.807) is 0 Å². The van der Waals surface area contributed by atoms with E-state index in [0.29, 0.717) is 44.3 Å². The number of aromatic nitrogens is 2. The molecular weight excluding hydrogens is 506 g/mol. The quantitative estimate of drug-likeness (QED) is 0.585. The summed E-state index contributed by atoms with van der Waals surface area (Å²) in [5, 5.41) is 19.1. The second kappa shape index (κ2) is 11.5. The normalized spacial score (nSPS) is 24.8. The monoisotopic (exact) mass is 545 g/mol. The van der Waals surface area contributed by atoms with E-state index in [9.17, 15) is 15.2 Å². The molecule has 1 aromatic heterocycles. The summed E-state index contributed by atoms with van der Waals surface area (Å²) < 4.78 is 6.27. The van der Waals surface area contributed by atoms with E-state index >= 15 is 0 Å². The van der Waals surface area contributed by atoms with E-state index in [0.717, 1.165) is 68.7 Å². The Kier molecular flexibility index (Phi) is 7.65. The number of nitrogens with zero attached hydrogens (tertiary/aromatic N) is 7. The van der Waals surface area contributed by atoms with Crippen molar-refractivity contribution in [1.82, 2.24) is 19.8 Å². The standard InChI is InChI=1S/C30H39N7O3/c1-34-14-5-8-24(34)20-40-29-32-26-18-22(36-15-4-7-21-6-2-3-9-27(21)36)10-11-25(26)28(33-29)35-16-17-37(30(38)39)23(19-35)12-13-31/h2-3,6,9,22-24H,4-5,7-8,10-12,14-20H2,1H3,(H,38,39)/t22-,23+,24-/m1/s1. The average molecular weight is 546 g/mol. The predicted octanol–water partition coefficient (Wildman–Crippen LogP) is 3.34. The molecule has 1 amide bonds. The Morgan fingerprint density at radius 2 is 1.98 bits per heavy atom. The van der Waals surface area contributed by atoms with Gasteiger partial charge < -0.3 is 29.4 Å². The van der Waals surface area contributed by atoms with E-state index < -0.39 is 6.09 Å². The number of carboxylic acid groups (broad SMARTS) is 1. The summed E-state index contributed by atoms with van der Waals surface area (Å²) in [6.45, 7) is 4.01. The van der Waals surface area contributed by atoms with Gasteiger partial charge in [0, 0.05) is 55.9 Å². The lowest BCUT2D eigenvalue weighted by atomic mass is 9.88. The molecule has 4 aliphatic rings. The zero-order valence-corrected chi connectivity index (χ0v) is 23.3. The maximum Gasteiger partial charge on any atom is 0.407 e. The van der Waals surface area contributed by atoms with Crippen LogP contribution < -0.4 is 14.5 Å². The second-order valence-electron chi connectivity index (χ2n) is 11.6. The van der Waals surface area contributed by atoms with Crippen molar-refractivity contribution in [2.24, 2.45) is 0 Å². The number of aryl methyl sites for hydroxylation is 1. The van der Waals surface area contributed by atoms with Crippen LogP contribution in [0.4, 0.5) is 16.3 Å². The van der Waals surface area contributed by atoms with Crippen LogP contribution in [0.25, 0.3) is 0 Å². The number of anilines is 2. The fourth-order valence-electron chi connectivity index (χ4n) is 7.03. The van der Waals surface area contributed by atoms with Crippen LogP contribution in [-0.2, 0) is 19.3 Å². The molecule has 0 spiro atoms. The number of hydrogen-bond donors (Lipinski definition) is 1. The molecule has 0 radical (unpaired) electrons. The van der Waals surface area contributed by atoms with Crippen LogP contribution in [0.1, 0.15) is 48.9 Å². The minimum Gasteiger partial charge on any atom is -0.465 e. The third-order valence-electron chi connectivity index (χ3n) is 9.23. The number of ether oxygens (including phenoxy) is 1. The molecular formula is C30H39N7O3. The maximum absolute atomic E-state index is 11.8. The van der Waals surface area contributed by atoms with Crippen molar-refractivity contribution in [3.8, 4) is 12.1 Å². The molecule has 0 saturated carbocycles. The summed E-state index contributed by atoms with van der Waals surface area (Å²) in [4.78, 5) is 30.2. The van der Waals surface area contributed by atoms with Crippen molar-refractivity contribution in [3.05, 3.63) is 41.1 Å². The van der Waals surface area contributed by atoms with Crippen LogP contribution in [0.2, 0.25) is 0 Å². The number of amides is 1. The Hall–Kier alpha value is -3.58. The fourth-order valence-corrected chi connectivity index (χ4v) is 7.03. The number of benzene rings is 1. The van der Waals surface area contributed by atoms with Crippen molar-refractivity contribution in [2.45, 2.75) is 69.5 Å². The minimum absolute atomic E-state index is 0.157. The number of piperazine rings is 1. The number of nitriles is 1. The zero-order valence-electron chi connectivity index (χ0n) is 23.3. The summed E-state index contributed by atoms with van der Waals surface area (Å²) in [5.41, 5.74) is 4.96. The first-order valence-electron chi connectivity index (χ1n) is 14.7. The van der Waals surface area contributed by atoms with Crippen LogP contribution in [0, 0.1) is 11.3 Å². The molecule has 6 rings (SSSR count). The molecule has 1 aliphatic carbocycles. The van der Waals surface area contributed by atoms with Gasteiger partial charge in [0.25, 0.3) is 0 Å². The van der Waals surface area contributed by atoms with Gasteiger partial charge in [0.2, 0.25) is 0 Å². The summed E-state index contributed by atoms with van der Waals surface area (Å²) >= 11 is 0. The maximum atomic E-state index is 11.8. The van der Waals surface area contributed by atoms with Gasteiger partial charge in [-0.05, 0) is 63.7 Å². The Morgan fingerprint density at radius 3 is 2.77 bits per heavy atom. The lowest BCUT2D eigenvalue weighted by Gasteiger charge is -2.42. The van der Waals surface area contributed by atoms with Gasteiger partial charge in [-0.3, -0.25) is 0 Å². The Morgan fingerprint density at radius 1 is 1.10 bits per heavy atom. The average Bonchev–Trinajstić information content (AvgIpc) is 3.39. The van der Waals surface area contributed by atoms with Gasteiger partial charge in [0.1, 0.15) is 12.4 Å². The highest BCUT2D eigenvalue weighted by molar-refractivity contribution is 5.66. The second-order valence-corrected chi connectivity index (χ2v) is 11.6. The first kappa shape index (κ1) is 26.6. The van der Waals surface area contributed by atoms with Gasteiger partial charge >= 0.3 is 12.1 Å². The van der Waals surface area contributed by atoms with Gasteiger partial charge in [0.05, 0.1) is 24.2 Å². The molecule has 3 aliphatic heterocycles. The molecule has 40 heavy (non-hydrogen) atoms. The number of fused-ring (bicyclic) bond motifs is 2. The predicted molar refractivity (Wildman–Crippen MR) is 152 cm³/mol. The van der Waals surface area contributed by atoms with E-state index in [2.05, 4.69) is 52.1 Å². The highest BCUT2D eigenvalue weighted by atomic mass is 16.5.